The van der Waals surface area contributed by atoms with E-state index >= 15 is 0 Å². The van der Waals surface area contributed by atoms with Crippen LogP contribution in [0.3, 0.4) is 0 Å². The normalized spacial score (nSPS) is 10.6. The third-order valence-electron chi connectivity index (χ3n) is 4.18. The highest BCUT2D eigenvalue weighted by atomic mass is 32.2. The van der Waals surface area contributed by atoms with E-state index in [0.29, 0.717) is 0 Å². The van der Waals surface area contributed by atoms with Crippen LogP contribution in [-0.4, -0.2) is 0 Å². The molecule has 0 unspecified atom stereocenters. The van der Waals surface area contributed by atoms with Crippen LogP contribution in [-0.2, 0) is 0 Å². The molecule has 0 spiro atoms. The second kappa shape index (κ2) is 8.28. The number of rotatable bonds is 5. The Bertz CT molecular complexity index is 1040. The van der Waals surface area contributed by atoms with Crippen molar-refractivity contribution in [2.24, 2.45) is 0 Å². The molecular formula is C24H16F2OS. The molecular weight excluding hydrogens is 374 g/mol. The first-order valence-corrected chi connectivity index (χ1v) is 9.56. The van der Waals surface area contributed by atoms with Crippen molar-refractivity contribution in [3.63, 3.8) is 0 Å². The average Bonchev–Trinajstić information content (AvgIpc) is 3.04. The van der Waals surface area contributed by atoms with Crippen LogP contribution in [0.5, 0.6) is 0 Å². The molecule has 4 heteroatoms. The largest absolute Gasteiger partial charge is 0.422 e. The minimum Gasteiger partial charge on any atom is -0.422 e. The van der Waals surface area contributed by atoms with E-state index in [2.05, 4.69) is 30.3 Å². The molecule has 0 saturated heterocycles. The van der Waals surface area contributed by atoms with Crippen molar-refractivity contribution >= 4 is 23.4 Å². The highest BCUT2D eigenvalue weighted by Gasteiger charge is 2.11. The zero-order valence-electron chi connectivity index (χ0n) is 14.8. The van der Waals surface area contributed by atoms with E-state index < -0.39 is 11.8 Å². The molecule has 0 amide bonds. The van der Waals surface area contributed by atoms with Crippen LogP contribution in [0.4, 0.5) is 8.78 Å². The van der Waals surface area contributed by atoms with E-state index in [1.54, 1.807) is 0 Å². The molecule has 1 aromatic heterocycles. The number of halogens is 2. The molecule has 1 heterocycles. The molecule has 0 bridgehead atoms. The van der Waals surface area contributed by atoms with Crippen LogP contribution in [0.15, 0.2) is 105 Å². The summed E-state index contributed by atoms with van der Waals surface area (Å²) in [6, 6.07) is 28.0. The molecule has 28 heavy (non-hydrogen) atoms. The van der Waals surface area contributed by atoms with Gasteiger partial charge in [0, 0.05) is 11.0 Å². The fraction of sp³-hybridized carbons (Fsp3) is 0. The molecule has 3 aromatic carbocycles. The summed E-state index contributed by atoms with van der Waals surface area (Å²) in [6.45, 7) is 0. The predicted molar refractivity (Wildman–Crippen MR) is 109 cm³/mol. The van der Waals surface area contributed by atoms with E-state index in [9.17, 15) is 8.78 Å². The van der Waals surface area contributed by atoms with E-state index in [-0.39, 0.29) is 5.09 Å². The number of hydrogen-bond donors (Lipinski definition) is 0. The SMILES string of the molecule is Fc1cc(Sc2cccc(C=C(c3ccccc3)c3ccccc3)c2)oc1F. The average molecular weight is 390 g/mol. The van der Waals surface area contributed by atoms with Crippen LogP contribution >= 0.6 is 11.8 Å². The van der Waals surface area contributed by atoms with Gasteiger partial charge in [0.15, 0.2) is 10.9 Å². The van der Waals surface area contributed by atoms with Crippen LogP contribution in [0, 0.1) is 11.8 Å². The topological polar surface area (TPSA) is 13.1 Å². The summed E-state index contributed by atoms with van der Waals surface area (Å²) < 4.78 is 31.1. The van der Waals surface area contributed by atoms with Crippen LogP contribution in [0.25, 0.3) is 11.6 Å². The van der Waals surface area contributed by atoms with Gasteiger partial charge >= 0.3 is 6.01 Å². The van der Waals surface area contributed by atoms with Crippen molar-refractivity contribution in [1.29, 1.82) is 0 Å². The van der Waals surface area contributed by atoms with Gasteiger partial charge in [0.2, 0.25) is 0 Å². The van der Waals surface area contributed by atoms with Crippen LogP contribution in [0.2, 0.25) is 0 Å². The maximum absolute atomic E-state index is 13.2. The molecule has 0 aliphatic rings. The summed E-state index contributed by atoms with van der Waals surface area (Å²) in [5.41, 5.74) is 4.31. The Kier molecular flexibility index (Phi) is 5.40. The third kappa shape index (κ3) is 4.24. The molecule has 0 aliphatic carbocycles. The Morgan fingerprint density at radius 3 is 1.96 bits per heavy atom. The molecule has 0 radical (unpaired) electrons. The predicted octanol–water partition coefficient (Wildman–Crippen LogP) is 7.30. The van der Waals surface area contributed by atoms with E-state index in [1.807, 2.05) is 60.7 Å². The van der Waals surface area contributed by atoms with Crippen LogP contribution in [0.1, 0.15) is 16.7 Å². The summed E-state index contributed by atoms with van der Waals surface area (Å²) in [7, 11) is 0. The van der Waals surface area contributed by atoms with Crippen LogP contribution < -0.4 is 0 Å². The van der Waals surface area contributed by atoms with E-state index in [1.165, 1.54) is 11.8 Å². The molecule has 0 atom stereocenters. The number of hydrogen-bond acceptors (Lipinski definition) is 2. The first kappa shape index (κ1) is 18.3. The van der Waals surface area contributed by atoms with Gasteiger partial charge in [0.1, 0.15) is 0 Å². The van der Waals surface area contributed by atoms with E-state index in [0.717, 1.165) is 33.2 Å². The van der Waals surface area contributed by atoms with Gasteiger partial charge in [0.05, 0.1) is 0 Å². The van der Waals surface area contributed by atoms with Gasteiger partial charge in [-0.05, 0) is 40.5 Å². The Morgan fingerprint density at radius 2 is 1.39 bits per heavy atom. The summed E-state index contributed by atoms with van der Waals surface area (Å²) in [5, 5.41) is 0.183. The molecule has 138 valence electrons. The molecule has 0 N–H and O–H groups in total. The zero-order valence-corrected chi connectivity index (χ0v) is 15.6. The first-order chi connectivity index (χ1) is 13.7. The Morgan fingerprint density at radius 1 is 0.750 bits per heavy atom. The Hall–Kier alpha value is -3.11. The third-order valence-corrected chi connectivity index (χ3v) is 5.07. The van der Waals surface area contributed by atoms with Gasteiger partial charge in [-0.2, -0.15) is 8.78 Å². The molecule has 4 rings (SSSR count). The van der Waals surface area contributed by atoms with Crippen molar-refractivity contribution < 1.29 is 13.2 Å². The van der Waals surface area contributed by atoms with E-state index in [4.69, 9.17) is 4.42 Å². The number of furan rings is 1. The summed E-state index contributed by atoms with van der Waals surface area (Å²) in [6.07, 6.45) is 2.11. The van der Waals surface area contributed by atoms with Gasteiger partial charge in [-0.25, -0.2) is 0 Å². The minimum absolute atomic E-state index is 0.183. The monoisotopic (exact) mass is 390 g/mol. The van der Waals surface area contributed by atoms with Gasteiger partial charge in [-0.1, -0.05) is 84.6 Å². The van der Waals surface area contributed by atoms with Crippen molar-refractivity contribution in [1.82, 2.24) is 0 Å². The lowest BCUT2D eigenvalue weighted by Gasteiger charge is -2.09. The standard InChI is InChI=1S/C24H16F2OS/c25-22-16-23(27-24(22)26)28-20-13-7-8-17(14-20)15-21(18-9-3-1-4-10-18)19-11-5-2-6-12-19/h1-16H. The number of benzene rings is 3. The zero-order chi connectivity index (χ0) is 19.3. The fourth-order valence-electron chi connectivity index (χ4n) is 2.90. The molecule has 0 fully saturated rings. The van der Waals surface area contributed by atoms with Crippen molar-refractivity contribution in [3.05, 3.63) is 120 Å². The van der Waals surface area contributed by atoms with Gasteiger partial charge in [-0.15, -0.1) is 0 Å². The van der Waals surface area contributed by atoms with Gasteiger partial charge < -0.3 is 4.42 Å². The van der Waals surface area contributed by atoms with Crippen molar-refractivity contribution in [3.8, 4) is 0 Å². The molecule has 1 nitrogen and oxygen atoms in total. The Balaban J connectivity index is 1.70. The maximum atomic E-state index is 13.2. The lowest BCUT2D eigenvalue weighted by Crippen LogP contribution is -1.88. The second-order valence-electron chi connectivity index (χ2n) is 6.15. The lowest BCUT2D eigenvalue weighted by molar-refractivity contribution is 0.291. The molecule has 4 aromatic rings. The summed E-state index contributed by atoms with van der Waals surface area (Å²) in [4.78, 5) is 0.836. The van der Waals surface area contributed by atoms with Crippen molar-refractivity contribution in [2.75, 3.05) is 0 Å². The highest BCUT2D eigenvalue weighted by molar-refractivity contribution is 7.99. The van der Waals surface area contributed by atoms with Crippen molar-refractivity contribution in [2.45, 2.75) is 9.99 Å². The lowest BCUT2D eigenvalue weighted by atomic mass is 9.96. The highest BCUT2D eigenvalue weighted by Crippen LogP contribution is 2.32. The maximum Gasteiger partial charge on any atom is 0.315 e. The minimum atomic E-state index is -1.19. The second-order valence-corrected chi connectivity index (χ2v) is 7.23. The molecule has 0 saturated carbocycles. The van der Waals surface area contributed by atoms with Gasteiger partial charge in [-0.3, -0.25) is 0 Å². The fourth-order valence-corrected chi connectivity index (χ4v) is 3.75. The first-order valence-electron chi connectivity index (χ1n) is 8.74. The Labute approximate surface area is 166 Å². The molecule has 0 aliphatic heterocycles. The summed E-state index contributed by atoms with van der Waals surface area (Å²) >= 11 is 1.18. The van der Waals surface area contributed by atoms with Gasteiger partial charge in [0.25, 0.3) is 0 Å². The smallest absolute Gasteiger partial charge is 0.315 e. The summed E-state index contributed by atoms with van der Waals surface area (Å²) in [5.74, 6) is -0.978. The quantitative estimate of drug-likeness (QED) is 0.332.